The number of fused-ring (bicyclic) bond motifs is 1. The van der Waals surface area contributed by atoms with E-state index in [2.05, 4.69) is 4.98 Å². The third-order valence-electron chi connectivity index (χ3n) is 4.00. The summed E-state index contributed by atoms with van der Waals surface area (Å²) in [5.41, 5.74) is 2.36. The summed E-state index contributed by atoms with van der Waals surface area (Å²) in [6.45, 7) is 3.20. The summed E-state index contributed by atoms with van der Waals surface area (Å²) in [6.07, 6.45) is 0. The minimum atomic E-state index is -0.0564. The van der Waals surface area contributed by atoms with E-state index in [-0.39, 0.29) is 5.91 Å². The van der Waals surface area contributed by atoms with Gasteiger partial charge in [-0.25, -0.2) is 4.98 Å². The van der Waals surface area contributed by atoms with Crippen molar-refractivity contribution in [1.29, 1.82) is 0 Å². The third kappa shape index (κ3) is 3.38. The standard InChI is InChI=1S/C20H20N2O2/c1-3-22(14-15-7-5-4-6-8-15)20(23)19-11-9-16-13-17(24-2)10-12-18(16)21-19/h4-13H,3,14H2,1-2H3. The molecule has 0 spiro atoms. The molecule has 122 valence electrons. The second-order valence-electron chi connectivity index (χ2n) is 5.56. The number of nitrogens with zero attached hydrogens (tertiary/aromatic N) is 2. The second kappa shape index (κ2) is 7.13. The number of carbonyl (C=O) groups is 1. The van der Waals surface area contributed by atoms with Gasteiger partial charge in [-0.15, -0.1) is 0 Å². The molecular weight excluding hydrogens is 300 g/mol. The van der Waals surface area contributed by atoms with Crippen molar-refractivity contribution in [3.05, 3.63) is 71.9 Å². The molecule has 0 aliphatic rings. The molecule has 0 N–H and O–H groups in total. The SMILES string of the molecule is CCN(Cc1ccccc1)C(=O)c1ccc2cc(OC)ccc2n1. The van der Waals surface area contributed by atoms with Gasteiger partial charge in [0, 0.05) is 18.5 Å². The lowest BCUT2D eigenvalue weighted by Crippen LogP contribution is -2.30. The van der Waals surface area contributed by atoms with Crippen molar-refractivity contribution in [2.75, 3.05) is 13.7 Å². The van der Waals surface area contributed by atoms with Crippen LogP contribution in [0, 0.1) is 0 Å². The Bertz CT molecular complexity index is 847. The lowest BCUT2D eigenvalue weighted by molar-refractivity contribution is 0.0747. The Balaban J connectivity index is 1.86. The van der Waals surface area contributed by atoms with Gasteiger partial charge in [0.05, 0.1) is 12.6 Å². The van der Waals surface area contributed by atoms with Gasteiger partial charge in [-0.05, 0) is 36.8 Å². The van der Waals surface area contributed by atoms with Crippen molar-refractivity contribution in [3.63, 3.8) is 0 Å². The molecule has 2 aromatic carbocycles. The Morgan fingerprint density at radius 2 is 1.88 bits per heavy atom. The average Bonchev–Trinajstić information content (AvgIpc) is 2.65. The van der Waals surface area contributed by atoms with E-state index in [1.807, 2.05) is 61.5 Å². The van der Waals surface area contributed by atoms with Crippen LogP contribution >= 0.6 is 0 Å². The van der Waals surface area contributed by atoms with Gasteiger partial charge in [0.1, 0.15) is 11.4 Å². The normalized spacial score (nSPS) is 10.6. The first-order chi connectivity index (χ1) is 11.7. The average molecular weight is 320 g/mol. The number of hydrogen-bond donors (Lipinski definition) is 0. The quantitative estimate of drug-likeness (QED) is 0.716. The molecule has 0 radical (unpaired) electrons. The third-order valence-corrected chi connectivity index (χ3v) is 4.00. The van der Waals surface area contributed by atoms with Crippen molar-refractivity contribution in [2.45, 2.75) is 13.5 Å². The molecule has 0 saturated carbocycles. The first kappa shape index (κ1) is 16.0. The van der Waals surface area contributed by atoms with Crippen LogP contribution in [0.1, 0.15) is 23.0 Å². The van der Waals surface area contributed by atoms with Crippen LogP contribution in [0.4, 0.5) is 0 Å². The van der Waals surface area contributed by atoms with Crippen molar-refractivity contribution in [1.82, 2.24) is 9.88 Å². The molecule has 1 heterocycles. The number of methoxy groups -OCH3 is 1. The fourth-order valence-electron chi connectivity index (χ4n) is 2.64. The van der Waals surface area contributed by atoms with E-state index in [0.29, 0.717) is 18.8 Å². The number of hydrogen-bond acceptors (Lipinski definition) is 3. The van der Waals surface area contributed by atoms with Crippen LogP contribution < -0.4 is 4.74 Å². The Labute approximate surface area is 141 Å². The number of rotatable bonds is 5. The highest BCUT2D eigenvalue weighted by Gasteiger charge is 2.16. The molecule has 0 atom stereocenters. The van der Waals surface area contributed by atoms with Crippen LogP contribution in [-0.4, -0.2) is 29.4 Å². The van der Waals surface area contributed by atoms with Crippen LogP contribution in [0.5, 0.6) is 5.75 Å². The Hall–Kier alpha value is -2.88. The first-order valence-electron chi connectivity index (χ1n) is 7.99. The summed E-state index contributed by atoms with van der Waals surface area (Å²) in [4.78, 5) is 19.1. The zero-order valence-corrected chi connectivity index (χ0v) is 13.9. The van der Waals surface area contributed by atoms with Crippen molar-refractivity contribution in [2.24, 2.45) is 0 Å². The lowest BCUT2D eigenvalue weighted by Gasteiger charge is -2.20. The van der Waals surface area contributed by atoms with Gasteiger partial charge in [0.15, 0.2) is 0 Å². The zero-order valence-electron chi connectivity index (χ0n) is 13.9. The summed E-state index contributed by atoms with van der Waals surface area (Å²) in [7, 11) is 1.63. The smallest absolute Gasteiger partial charge is 0.272 e. The molecule has 0 bridgehead atoms. The maximum Gasteiger partial charge on any atom is 0.272 e. The van der Waals surface area contributed by atoms with Gasteiger partial charge in [-0.2, -0.15) is 0 Å². The summed E-state index contributed by atoms with van der Waals surface area (Å²) < 4.78 is 5.22. The highest BCUT2D eigenvalue weighted by molar-refractivity contribution is 5.95. The van der Waals surface area contributed by atoms with Crippen LogP contribution in [-0.2, 0) is 6.54 Å². The first-order valence-corrected chi connectivity index (χ1v) is 7.99. The number of pyridine rings is 1. The number of amides is 1. The van der Waals surface area contributed by atoms with Crippen molar-refractivity contribution in [3.8, 4) is 5.75 Å². The molecular formula is C20H20N2O2. The van der Waals surface area contributed by atoms with E-state index in [0.717, 1.165) is 22.2 Å². The topological polar surface area (TPSA) is 42.4 Å². The molecule has 0 fully saturated rings. The van der Waals surface area contributed by atoms with Crippen LogP contribution in [0.3, 0.4) is 0 Å². The van der Waals surface area contributed by atoms with Crippen LogP contribution in [0.15, 0.2) is 60.7 Å². The lowest BCUT2D eigenvalue weighted by atomic mass is 10.1. The van der Waals surface area contributed by atoms with Gasteiger partial charge < -0.3 is 9.64 Å². The predicted molar refractivity (Wildman–Crippen MR) is 95.2 cm³/mol. The molecule has 24 heavy (non-hydrogen) atoms. The van der Waals surface area contributed by atoms with Gasteiger partial charge >= 0.3 is 0 Å². The fourth-order valence-corrected chi connectivity index (χ4v) is 2.64. The molecule has 4 heteroatoms. The Morgan fingerprint density at radius 3 is 2.58 bits per heavy atom. The van der Waals surface area contributed by atoms with Gasteiger partial charge in [0.25, 0.3) is 5.91 Å². The monoisotopic (exact) mass is 320 g/mol. The molecule has 1 aromatic heterocycles. The molecule has 1 amide bonds. The van der Waals surface area contributed by atoms with Gasteiger partial charge in [-0.3, -0.25) is 4.79 Å². The second-order valence-corrected chi connectivity index (χ2v) is 5.56. The van der Waals surface area contributed by atoms with E-state index in [4.69, 9.17) is 4.74 Å². The molecule has 0 aliphatic heterocycles. The van der Waals surface area contributed by atoms with E-state index in [9.17, 15) is 4.79 Å². The molecule has 4 nitrogen and oxygen atoms in total. The van der Waals surface area contributed by atoms with Crippen molar-refractivity contribution < 1.29 is 9.53 Å². The predicted octanol–water partition coefficient (Wildman–Crippen LogP) is 3.91. The zero-order chi connectivity index (χ0) is 16.9. The number of carbonyl (C=O) groups excluding carboxylic acids is 1. The van der Waals surface area contributed by atoms with Gasteiger partial charge in [0.2, 0.25) is 0 Å². The fraction of sp³-hybridized carbons (Fsp3) is 0.200. The van der Waals surface area contributed by atoms with E-state index in [1.165, 1.54) is 0 Å². The van der Waals surface area contributed by atoms with Crippen molar-refractivity contribution >= 4 is 16.8 Å². The van der Waals surface area contributed by atoms with Crippen LogP contribution in [0.25, 0.3) is 10.9 Å². The highest BCUT2D eigenvalue weighted by atomic mass is 16.5. The minimum Gasteiger partial charge on any atom is -0.497 e. The Kier molecular flexibility index (Phi) is 4.75. The summed E-state index contributed by atoms with van der Waals surface area (Å²) in [6, 6.07) is 19.3. The Morgan fingerprint density at radius 1 is 1.08 bits per heavy atom. The number of aromatic nitrogens is 1. The van der Waals surface area contributed by atoms with E-state index in [1.54, 1.807) is 18.1 Å². The van der Waals surface area contributed by atoms with Gasteiger partial charge in [-0.1, -0.05) is 36.4 Å². The molecule has 0 aliphatic carbocycles. The maximum absolute atomic E-state index is 12.8. The molecule has 3 rings (SSSR count). The maximum atomic E-state index is 12.8. The molecule has 0 saturated heterocycles. The minimum absolute atomic E-state index is 0.0564. The summed E-state index contributed by atoms with van der Waals surface area (Å²) in [5, 5.41) is 0.956. The van der Waals surface area contributed by atoms with E-state index < -0.39 is 0 Å². The number of ether oxygens (including phenoxy) is 1. The summed E-state index contributed by atoms with van der Waals surface area (Å²) in [5.74, 6) is 0.724. The molecule has 0 unspecified atom stereocenters. The highest BCUT2D eigenvalue weighted by Crippen LogP contribution is 2.20. The summed E-state index contributed by atoms with van der Waals surface area (Å²) >= 11 is 0. The van der Waals surface area contributed by atoms with E-state index >= 15 is 0 Å². The number of benzene rings is 2. The largest absolute Gasteiger partial charge is 0.497 e. The van der Waals surface area contributed by atoms with Crippen LogP contribution in [0.2, 0.25) is 0 Å². The molecule has 3 aromatic rings.